The van der Waals surface area contributed by atoms with Crippen LogP contribution < -0.4 is 0 Å². The highest BCUT2D eigenvalue weighted by molar-refractivity contribution is 9.10. The topological polar surface area (TPSA) is 52.9 Å². The summed E-state index contributed by atoms with van der Waals surface area (Å²) < 4.78 is 6.20. The molecule has 3 nitrogen and oxygen atoms in total. The van der Waals surface area contributed by atoms with Gasteiger partial charge in [-0.05, 0) is 17.7 Å². The molecule has 0 saturated carbocycles. The van der Waals surface area contributed by atoms with Crippen LogP contribution in [0.3, 0.4) is 0 Å². The first-order valence-corrected chi connectivity index (χ1v) is 6.51. The second-order valence-corrected chi connectivity index (χ2v) is 4.79. The van der Waals surface area contributed by atoms with Gasteiger partial charge in [0.15, 0.2) is 0 Å². The van der Waals surface area contributed by atoms with Crippen molar-refractivity contribution in [1.82, 2.24) is 0 Å². The van der Waals surface area contributed by atoms with Crippen molar-refractivity contribution in [2.45, 2.75) is 12.9 Å². The molecule has 0 aromatic heterocycles. The van der Waals surface area contributed by atoms with Gasteiger partial charge in [0.05, 0.1) is 18.2 Å². The van der Waals surface area contributed by atoms with Crippen LogP contribution in [0.2, 0.25) is 0 Å². The highest BCUT2D eigenvalue weighted by Crippen LogP contribution is 2.23. The van der Waals surface area contributed by atoms with Crippen molar-refractivity contribution in [3.05, 3.63) is 69.7 Å². The minimum absolute atomic E-state index is 0.204. The standard InChI is InChI=1S/C15H11BrNO2/c16-14-8-4-2-6-12(14)10-19-15(18)13-7-3-1-5-11(13)9-17/h1-8,15H,10H2. The molecular weight excluding hydrogens is 306 g/mol. The van der Waals surface area contributed by atoms with E-state index in [1.165, 1.54) is 0 Å². The van der Waals surface area contributed by atoms with Gasteiger partial charge in [0.25, 0.3) is 0 Å². The Kier molecular flexibility index (Phi) is 4.69. The summed E-state index contributed by atoms with van der Waals surface area (Å²) in [6, 6.07) is 16.2. The predicted octanol–water partition coefficient (Wildman–Crippen LogP) is 3.97. The summed E-state index contributed by atoms with van der Waals surface area (Å²) >= 11 is 3.40. The zero-order valence-corrected chi connectivity index (χ0v) is 11.6. The minimum Gasteiger partial charge on any atom is -0.341 e. The van der Waals surface area contributed by atoms with E-state index in [2.05, 4.69) is 15.9 Å². The lowest BCUT2D eigenvalue weighted by atomic mass is 10.1. The third kappa shape index (κ3) is 3.42. The zero-order chi connectivity index (χ0) is 13.7. The number of ether oxygens (including phenoxy) is 1. The van der Waals surface area contributed by atoms with Crippen LogP contribution in [0.5, 0.6) is 0 Å². The van der Waals surface area contributed by atoms with E-state index in [4.69, 9.17) is 10.00 Å². The molecule has 1 radical (unpaired) electrons. The van der Waals surface area contributed by atoms with Crippen LogP contribution in [0.25, 0.3) is 0 Å². The molecule has 0 bridgehead atoms. The summed E-state index contributed by atoms with van der Waals surface area (Å²) in [5, 5.41) is 20.9. The summed E-state index contributed by atoms with van der Waals surface area (Å²) in [5.74, 6) is 0. The summed E-state index contributed by atoms with van der Waals surface area (Å²) in [7, 11) is 0. The Balaban J connectivity index is 2.08. The van der Waals surface area contributed by atoms with Crippen LogP contribution in [0.1, 0.15) is 23.0 Å². The van der Waals surface area contributed by atoms with Gasteiger partial charge in [-0.3, -0.25) is 0 Å². The molecular formula is C15H11BrNO2. The molecule has 2 rings (SSSR count). The molecule has 2 aromatic carbocycles. The maximum absolute atomic E-state index is 12.0. The maximum Gasteiger partial charge on any atom is 0.219 e. The van der Waals surface area contributed by atoms with Crippen molar-refractivity contribution < 1.29 is 9.84 Å². The molecule has 0 heterocycles. The van der Waals surface area contributed by atoms with Crippen LogP contribution in [-0.4, -0.2) is 0 Å². The smallest absolute Gasteiger partial charge is 0.219 e. The number of benzene rings is 2. The SMILES string of the molecule is N#Cc1ccccc1C([O])OCc1ccccc1Br. The van der Waals surface area contributed by atoms with Gasteiger partial charge < -0.3 is 4.74 Å². The molecule has 1 unspecified atom stereocenters. The second kappa shape index (κ2) is 6.48. The van der Waals surface area contributed by atoms with Crippen LogP contribution >= 0.6 is 15.9 Å². The largest absolute Gasteiger partial charge is 0.341 e. The highest BCUT2D eigenvalue weighted by atomic mass is 79.9. The lowest BCUT2D eigenvalue weighted by Gasteiger charge is -2.12. The van der Waals surface area contributed by atoms with E-state index in [1.807, 2.05) is 30.3 Å². The quantitative estimate of drug-likeness (QED) is 0.801. The Labute approximate surface area is 120 Å². The number of nitriles is 1. The molecule has 0 fully saturated rings. The Morgan fingerprint density at radius 2 is 1.84 bits per heavy atom. The molecule has 19 heavy (non-hydrogen) atoms. The average Bonchev–Trinajstić information content (AvgIpc) is 2.46. The van der Waals surface area contributed by atoms with Gasteiger partial charge in [-0.2, -0.15) is 10.4 Å². The fraction of sp³-hybridized carbons (Fsp3) is 0.133. The molecule has 95 valence electrons. The second-order valence-electron chi connectivity index (χ2n) is 3.93. The van der Waals surface area contributed by atoms with E-state index in [-0.39, 0.29) is 6.61 Å². The van der Waals surface area contributed by atoms with E-state index in [9.17, 15) is 5.11 Å². The molecule has 0 aliphatic heterocycles. The van der Waals surface area contributed by atoms with Gasteiger partial charge in [0.2, 0.25) is 6.29 Å². The highest BCUT2D eigenvalue weighted by Gasteiger charge is 2.14. The van der Waals surface area contributed by atoms with Crippen molar-refractivity contribution in [3.63, 3.8) is 0 Å². The van der Waals surface area contributed by atoms with Gasteiger partial charge in [0, 0.05) is 10.0 Å². The number of halogens is 1. The molecule has 0 saturated heterocycles. The van der Waals surface area contributed by atoms with Gasteiger partial charge in [-0.25, -0.2) is 0 Å². The molecule has 0 spiro atoms. The fourth-order valence-electron chi connectivity index (χ4n) is 1.68. The van der Waals surface area contributed by atoms with E-state index in [1.54, 1.807) is 24.3 Å². The Morgan fingerprint density at radius 3 is 2.58 bits per heavy atom. The number of rotatable bonds is 4. The van der Waals surface area contributed by atoms with E-state index in [0.29, 0.717) is 11.1 Å². The summed E-state index contributed by atoms with van der Waals surface area (Å²) in [4.78, 5) is 0. The molecule has 4 heteroatoms. The minimum atomic E-state index is -1.36. The first kappa shape index (κ1) is 13.8. The lowest BCUT2D eigenvalue weighted by Crippen LogP contribution is -2.04. The van der Waals surface area contributed by atoms with Crippen molar-refractivity contribution in [1.29, 1.82) is 5.26 Å². The average molecular weight is 317 g/mol. The van der Waals surface area contributed by atoms with Crippen molar-refractivity contribution >= 4 is 15.9 Å². The van der Waals surface area contributed by atoms with Crippen LogP contribution in [-0.2, 0) is 16.5 Å². The van der Waals surface area contributed by atoms with Gasteiger partial charge >= 0.3 is 0 Å². The first-order valence-electron chi connectivity index (χ1n) is 5.72. The third-order valence-corrected chi connectivity index (χ3v) is 3.46. The Morgan fingerprint density at radius 1 is 1.16 bits per heavy atom. The van der Waals surface area contributed by atoms with E-state index in [0.717, 1.165) is 10.0 Å². The molecule has 0 aliphatic rings. The van der Waals surface area contributed by atoms with E-state index < -0.39 is 6.29 Å². The molecule has 0 N–H and O–H groups in total. The molecule has 1 atom stereocenters. The van der Waals surface area contributed by atoms with Crippen LogP contribution in [0.15, 0.2) is 53.0 Å². The molecule has 0 aliphatic carbocycles. The lowest BCUT2D eigenvalue weighted by molar-refractivity contribution is -0.152. The van der Waals surface area contributed by atoms with Crippen molar-refractivity contribution in [2.75, 3.05) is 0 Å². The normalized spacial score (nSPS) is 11.8. The van der Waals surface area contributed by atoms with Crippen LogP contribution in [0.4, 0.5) is 0 Å². The number of hydrogen-bond acceptors (Lipinski definition) is 2. The van der Waals surface area contributed by atoms with Crippen molar-refractivity contribution in [2.24, 2.45) is 0 Å². The van der Waals surface area contributed by atoms with Crippen molar-refractivity contribution in [3.8, 4) is 6.07 Å². The summed E-state index contributed by atoms with van der Waals surface area (Å²) in [6.07, 6.45) is -1.36. The first-order chi connectivity index (χ1) is 9.22. The summed E-state index contributed by atoms with van der Waals surface area (Å²) in [5.41, 5.74) is 1.63. The number of nitrogens with zero attached hydrogens (tertiary/aromatic N) is 1. The van der Waals surface area contributed by atoms with Gasteiger partial charge in [0.1, 0.15) is 0 Å². The Bertz CT molecular complexity index is 607. The van der Waals surface area contributed by atoms with Gasteiger partial charge in [-0.15, -0.1) is 0 Å². The van der Waals surface area contributed by atoms with E-state index >= 15 is 0 Å². The third-order valence-electron chi connectivity index (χ3n) is 2.68. The van der Waals surface area contributed by atoms with Crippen LogP contribution in [0, 0.1) is 11.3 Å². The summed E-state index contributed by atoms with van der Waals surface area (Å²) in [6.45, 7) is 0.204. The molecule has 0 amide bonds. The predicted molar refractivity (Wildman–Crippen MR) is 73.5 cm³/mol. The molecule has 2 aromatic rings. The maximum atomic E-state index is 12.0. The fourth-order valence-corrected chi connectivity index (χ4v) is 2.07. The number of hydrogen-bond donors (Lipinski definition) is 0. The zero-order valence-electron chi connectivity index (χ0n) is 10.0. The van der Waals surface area contributed by atoms with Gasteiger partial charge in [-0.1, -0.05) is 52.3 Å². The monoisotopic (exact) mass is 316 g/mol. The Hall–Kier alpha value is -1.67.